The minimum atomic E-state index is -2.93. The van der Waals surface area contributed by atoms with Crippen LogP contribution in [0.25, 0.3) is 0 Å². The van der Waals surface area contributed by atoms with Crippen molar-refractivity contribution in [1.82, 2.24) is 25.2 Å². The van der Waals surface area contributed by atoms with E-state index >= 15 is 0 Å². The van der Waals surface area contributed by atoms with Crippen LogP contribution < -0.4 is 5.32 Å². The zero-order valence-corrected chi connectivity index (χ0v) is 17.2. The van der Waals surface area contributed by atoms with Crippen LogP contribution in [0.15, 0.2) is 36.5 Å². The van der Waals surface area contributed by atoms with Gasteiger partial charge >= 0.3 is 0 Å². The first kappa shape index (κ1) is 21.9. The Bertz CT molecular complexity index is 867. The molecule has 0 saturated carbocycles. The van der Waals surface area contributed by atoms with Gasteiger partial charge in [0, 0.05) is 18.9 Å². The molecule has 1 fully saturated rings. The Kier molecular flexibility index (Phi) is 6.79. The standard InChI is InChI=1S/C21H27F2N5O2/c1-3-16(4-2)20(30)28-14-21(22,23)10-17(28)12-27-13-18(25-26-27)19(29)24-11-15-8-6-5-7-9-15/h5-9,13,16-17H,3-4,10-12,14H2,1-2H3,(H,24,29)/t17-/m0/s1. The molecule has 30 heavy (non-hydrogen) atoms. The minimum absolute atomic E-state index is 0.0699. The van der Waals surface area contributed by atoms with Crippen LogP contribution in [0, 0.1) is 5.92 Å². The van der Waals surface area contributed by atoms with Crippen molar-refractivity contribution in [3.05, 3.63) is 47.8 Å². The molecule has 162 valence electrons. The van der Waals surface area contributed by atoms with Crippen molar-refractivity contribution in [1.29, 1.82) is 0 Å². The predicted molar refractivity (Wildman–Crippen MR) is 107 cm³/mol. The van der Waals surface area contributed by atoms with Gasteiger partial charge in [-0.3, -0.25) is 9.59 Å². The second kappa shape index (κ2) is 9.32. The summed E-state index contributed by atoms with van der Waals surface area (Å²) < 4.78 is 29.5. The summed E-state index contributed by atoms with van der Waals surface area (Å²) in [6.45, 7) is 3.60. The molecule has 0 bridgehead atoms. The molecule has 1 atom stereocenters. The lowest BCUT2D eigenvalue weighted by molar-refractivity contribution is -0.138. The predicted octanol–water partition coefficient (Wildman–Crippen LogP) is 2.88. The first-order chi connectivity index (χ1) is 14.3. The van der Waals surface area contributed by atoms with Gasteiger partial charge in [0.25, 0.3) is 11.8 Å². The average molecular weight is 419 g/mol. The molecule has 0 radical (unpaired) electrons. The number of nitrogens with one attached hydrogen (secondary N) is 1. The second-order valence-corrected chi connectivity index (χ2v) is 7.69. The maximum atomic E-state index is 14.1. The summed E-state index contributed by atoms with van der Waals surface area (Å²) in [6, 6.07) is 8.75. The van der Waals surface area contributed by atoms with Gasteiger partial charge in [-0.1, -0.05) is 49.4 Å². The number of alkyl halides is 2. The zero-order chi connectivity index (χ0) is 21.7. The molecule has 0 aliphatic carbocycles. The summed E-state index contributed by atoms with van der Waals surface area (Å²) in [5.41, 5.74) is 1.05. The highest BCUT2D eigenvalue weighted by Crippen LogP contribution is 2.34. The average Bonchev–Trinajstić information content (AvgIpc) is 3.31. The molecule has 1 saturated heterocycles. The summed E-state index contributed by atoms with van der Waals surface area (Å²) in [5.74, 6) is -3.84. The molecular formula is C21H27F2N5O2. The van der Waals surface area contributed by atoms with Gasteiger partial charge in [-0.2, -0.15) is 0 Å². The lowest BCUT2D eigenvalue weighted by Gasteiger charge is -2.27. The molecule has 2 heterocycles. The summed E-state index contributed by atoms with van der Waals surface area (Å²) in [7, 11) is 0. The Morgan fingerprint density at radius 3 is 2.60 bits per heavy atom. The Morgan fingerprint density at radius 2 is 1.93 bits per heavy atom. The van der Waals surface area contributed by atoms with Crippen LogP contribution in [0.3, 0.4) is 0 Å². The van der Waals surface area contributed by atoms with Crippen molar-refractivity contribution < 1.29 is 18.4 Å². The summed E-state index contributed by atoms with van der Waals surface area (Å²) in [5, 5.41) is 10.5. The molecule has 1 aromatic heterocycles. The number of amides is 2. The number of likely N-dealkylation sites (tertiary alicyclic amines) is 1. The summed E-state index contributed by atoms with van der Waals surface area (Å²) >= 11 is 0. The number of nitrogens with zero attached hydrogens (tertiary/aromatic N) is 4. The van der Waals surface area contributed by atoms with Gasteiger partial charge in [-0.25, -0.2) is 13.5 Å². The van der Waals surface area contributed by atoms with Gasteiger partial charge in [0.2, 0.25) is 5.91 Å². The lowest BCUT2D eigenvalue weighted by Crippen LogP contribution is -2.42. The molecule has 2 aromatic rings. The van der Waals surface area contributed by atoms with Crippen LogP contribution in [0.5, 0.6) is 0 Å². The van der Waals surface area contributed by atoms with Crippen molar-refractivity contribution in [2.45, 2.75) is 58.2 Å². The van der Waals surface area contributed by atoms with Crippen LogP contribution in [0.1, 0.15) is 49.2 Å². The van der Waals surface area contributed by atoms with Gasteiger partial charge in [0.05, 0.1) is 25.3 Å². The van der Waals surface area contributed by atoms with Crippen molar-refractivity contribution in [3.63, 3.8) is 0 Å². The van der Waals surface area contributed by atoms with Gasteiger partial charge in [-0.15, -0.1) is 5.10 Å². The van der Waals surface area contributed by atoms with E-state index in [1.54, 1.807) is 0 Å². The van der Waals surface area contributed by atoms with Crippen LogP contribution in [-0.4, -0.2) is 50.2 Å². The molecule has 0 unspecified atom stereocenters. The van der Waals surface area contributed by atoms with E-state index in [9.17, 15) is 18.4 Å². The first-order valence-electron chi connectivity index (χ1n) is 10.2. The monoisotopic (exact) mass is 419 g/mol. The summed E-state index contributed by atoms with van der Waals surface area (Å²) in [6.07, 6.45) is 2.23. The molecule has 9 heteroatoms. The Morgan fingerprint density at radius 1 is 1.23 bits per heavy atom. The lowest BCUT2D eigenvalue weighted by atomic mass is 10.0. The van der Waals surface area contributed by atoms with Crippen LogP contribution in [0.4, 0.5) is 8.78 Å². The van der Waals surface area contributed by atoms with E-state index < -0.39 is 30.8 Å². The maximum absolute atomic E-state index is 14.1. The van der Waals surface area contributed by atoms with Crippen LogP contribution >= 0.6 is 0 Å². The number of benzene rings is 1. The third-order valence-electron chi connectivity index (χ3n) is 5.46. The van der Waals surface area contributed by atoms with E-state index in [0.29, 0.717) is 19.4 Å². The SMILES string of the molecule is CCC(CC)C(=O)N1CC(F)(F)C[C@H]1Cn1cc(C(=O)NCc2ccccc2)nn1. The van der Waals surface area contributed by atoms with Gasteiger partial charge in [-0.05, 0) is 18.4 Å². The normalized spacial score (nSPS) is 18.0. The fourth-order valence-electron chi connectivity index (χ4n) is 3.77. The Hall–Kier alpha value is -2.84. The van der Waals surface area contributed by atoms with Crippen LogP contribution in [-0.2, 0) is 17.9 Å². The van der Waals surface area contributed by atoms with E-state index in [0.717, 1.165) is 5.56 Å². The molecule has 1 N–H and O–H groups in total. The number of carbonyl (C=O) groups excluding carboxylic acids is 2. The Labute approximate surface area is 174 Å². The third-order valence-corrected chi connectivity index (χ3v) is 5.46. The van der Waals surface area contributed by atoms with E-state index in [1.165, 1.54) is 15.8 Å². The third kappa shape index (κ3) is 5.20. The van der Waals surface area contributed by atoms with E-state index in [1.807, 2.05) is 44.2 Å². The van der Waals surface area contributed by atoms with Crippen molar-refractivity contribution >= 4 is 11.8 Å². The fourth-order valence-corrected chi connectivity index (χ4v) is 3.77. The van der Waals surface area contributed by atoms with Crippen molar-refractivity contribution in [2.24, 2.45) is 5.92 Å². The molecular weight excluding hydrogens is 392 g/mol. The highest BCUT2D eigenvalue weighted by atomic mass is 19.3. The van der Waals surface area contributed by atoms with E-state index in [-0.39, 0.29) is 24.1 Å². The molecule has 0 spiro atoms. The van der Waals surface area contributed by atoms with E-state index in [2.05, 4.69) is 15.6 Å². The fraction of sp³-hybridized carbons (Fsp3) is 0.524. The maximum Gasteiger partial charge on any atom is 0.273 e. The number of rotatable bonds is 8. The van der Waals surface area contributed by atoms with Crippen LogP contribution in [0.2, 0.25) is 0 Å². The highest BCUT2D eigenvalue weighted by Gasteiger charge is 2.47. The molecule has 7 nitrogen and oxygen atoms in total. The largest absolute Gasteiger partial charge is 0.347 e. The molecule has 1 aliphatic heterocycles. The first-order valence-corrected chi connectivity index (χ1v) is 10.2. The topological polar surface area (TPSA) is 80.1 Å². The second-order valence-electron chi connectivity index (χ2n) is 7.69. The van der Waals surface area contributed by atoms with E-state index in [4.69, 9.17) is 0 Å². The van der Waals surface area contributed by atoms with Crippen molar-refractivity contribution in [2.75, 3.05) is 6.54 Å². The number of aromatic nitrogens is 3. The van der Waals surface area contributed by atoms with Gasteiger partial charge in [0.1, 0.15) is 0 Å². The molecule has 3 rings (SSSR count). The molecule has 1 aromatic carbocycles. The van der Waals surface area contributed by atoms with Gasteiger partial charge < -0.3 is 10.2 Å². The number of carbonyl (C=O) groups is 2. The summed E-state index contributed by atoms with van der Waals surface area (Å²) in [4.78, 5) is 26.3. The minimum Gasteiger partial charge on any atom is -0.347 e. The zero-order valence-electron chi connectivity index (χ0n) is 17.2. The number of halogens is 2. The number of hydrogen-bond donors (Lipinski definition) is 1. The molecule has 1 aliphatic rings. The number of hydrogen-bond acceptors (Lipinski definition) is 4. The molecule has 2 amide bonds. The van der Waals surface area contributed by atoms with Gasteiger partial charge in [0.15, 0.2) is 5.69 Å². The highest BCUT2D eigenvalue weighted by molar-refractivity contribution is 5.91. The smallest absolute Gasteiger partial charge is 0.273 e. The Balaban J connectivity index is 1.64. The quantitative estimate of drug-likeness (QED) is 0.714. The van der Waals surface area contributed by atoms with Crippen molar-refractivity contribution in [3.8, 4) is 0 Å².